The topological polar surface area (TPSA) is 84.5 Å². The zero-order valence-corrected chi connectivity index (χ0v) is 16.5. The summed E-state index contributed by atoms with van der Waals surface area (Å²) >= 11 is 0. The molecule has 0 saturated heterocycles. The van der Waals surface area contributed by atoms with Crippen molar-refractivity contribution in [2.24, 2.45) is 0 Å². The number of hydrogen-bond acceptors (Lipinski definition) is 4. The first-order chi connectivity index (χ1) is 12.3. The second-order valence-corrected chi connectivity index (χ2v) is 8.95. The summed E-state index contributed by atoms with van der Waals surface area (Å²) in [5.74, 6) is -0.170. The Kier molecular flexibility index (Phi) is 8.06. The molecule has 0 aromatic heterocycles. The lowest BCUT2D eigenvalue weighted by Gasteiger charge is -2.21. The second-order valence-electron chi connectivity index (χ2n) is 7.20. The molecule has 0 atom stereocenters. The fraction of sp³-hybridized carbons (Fsp3) is 0.632. The highest BCUT2D eigenvalue weighted by Crippen LogP contribution is 2.20. The Morgan fingerprint density at radius 2 is 1.73 bits per heavy atom. The molecule has 2 rings (SSSR count). The first-order valence-corrected chi connectivity index (χ1v) is 11.0. The van der Waals surface area contributed by atoms with Crippen LogP contribution < -0.4 is 10.0 Å². The number of sulfonamides is 1. The summed E-state index contributed by atoms with van der Waals surface area (Å²) in [4.78, 5) is 11.9. The van der Waals surface area contributed by atoms with E-state index in [1.807, 2.05) is 12.1 Å². The molecule has 1 amide bonds. The Balaban J connectivity index is 1.73. The van der Waals surface area contributed by atoms with Gasteiger partial charge in [-0.2, -0.15) is 0 Å². The Morgan fingerprint density at radius 3 is 2.35 bits per heavy atom. The van der Waals surface area contributed by atoms with Crippen molar-refractivity contribution in [1.82, 2.24) is 10.0 Å². The summed E-state index contributed by atoms with van der Waals surface area (Å²) in [6, 6.07) is 7.11. The van der Waals surface area contributed by atoms with Gasteiger partial charge in [0, 0.05) is 12.6 Å². The van der Waals surface area contributed by atoms with Gasteiger partial charge in [0.15, 0.2) is 0 Å². The van der Waals surface area contributed by atoms with Gasteiger partial charge in [-0.3, -0.25) is 4.79 Å². The van der Waals surface area contributed by atoms with Gasteiger partial charge in [-0.1, -0.05) is 43.5 Å². The fourth-order valence-corrected chi connectivity index (χ4v) is 4.48. The molecule has 7 heteroatoms. The number of hydrogen-bond donors (Lipinski definition) is 2. The van der Waals surface area contributed by atoms with Crippen LogP contribution in [0, 0.1) is 0 Å². The summed E-state index contributed by atoms with van der Waals surface area (Å²) < 4.78 is 32.1. The van der Waals surface area contributed by atoms with E-state index in [-0.39, 0.29) is 30.4 Å². The molecule has 6 nitrogen and oxygen atoms in total. The summed E-state index contributed by atoms with van der Waals surface area (Å²) in [6.45, 7) is 4.09. The average molecular weight is 383 g/mol. The van der Waals surface area contributed by atoms with E-state index in [9.17, 15) is 13.2 Å². The zero-order chi connectivity index (χ0) is 19.0. The number of rotatable bonds is 9. The predicted molar refractivity (Wildman–Crippen MR) is 102 cm³/mol. The lowest BCUT2D eigenvalue weighted by atomic mass is 9.98. The standard InChI is InChI=1S/C19H30N2O4S/c1-15(2)21-26(23,24)14-17-10-8-16(9-11-17)12-20-19(22)13-25-18-6-4-3-5-7-18/h8-11,15,18,21H,3-7,12-14H2,1-2H3,(H,20,22). The zero-order valence-electron chi connectivity index (χ0n) is 15.7. The summed E-state index contributed by atoms with van der Waals surface area (Å²) in [5.41, 5.74) is 1.64. The maximum atomic E-state index is 11.9. The van der Waals surface area contributed by atoms with Crippen molar-refractivity contribution in [3.05, 3.63) is 35.4 Å². The van der Waals surface area contributed by atoms with E-state index in [4.69, 9.17) is 4.74 Å². The number of benzene rings is 1. The van der Waals surface area contributed by atoms with Crippen molar-refractivity contribution in [2.75, 3.05) is 6.61 Å². The summed E-state index contributed by atoms with van der Waals surface area (Å²) in [5, 5.41) is 2.84. The Hall–Kier alpha value is -1.44. The van der Waals surface area contributed by atoms with Crippen LogP contribution in [-0.2, 0) is 31.9 Å². The third kappa shape index (κ3) is 7.85. The fourth-order valence-electron chi connectivity index (χ4n) is 3.05. The molecule has 1 aromatic rings. The van der Waals surface area contributed by atoms with E-state index in [1.54, 1.807) is 26.0 Å². The van der Waals surface area contributed by atoms with Gasteiger partial charge in [-0.15, -0.1) is 0 Å². The van der Waals surface area contributed by atoms with Crippen LogP contribution in [0.25, 0.3) is 0 Å². The molecule has 1 aliphatic carbocycles. The van der Waals surface area contributed by atoms with Crippen LogP contribution in [-0.4, -0.2) is 33.1 Å². The van der Waals surface area contributed by atoms with Crippen LogP contribution in [0.5, 0.6) is 0 Å². The molecule has 0 bridgehead atoms. The Labute approximate surface area is 156 Å². The molecule has 2 N–H and O–H groups in total. The van der Waals surface area contributed by atoms with Crippen molar-refractivity contribution >= 4 is 15.9 Å². The van der Waals surface area contributed by atoms with E-state index < -0.39 is 10.0 Å². The molecule has 146 valence electrons. The minimum absolute atomic E-state index is 0.0486. The van der Waals surface area contributed by atoms with Crippen LogP contribution in [0.2, 0.25) is 0 Å². The normalized spacial score (nSPS) is 16.0. The lowest BCUT2D eigenvalue weighted by Crippen LogP contribution is -2.31. The minimum Gasteiger partial charge on any atom is -0.368 e. The van der Waals surface area contributed by atoms with Gasteiger partial charge < -0.3 is 10.1 Å². The molecule has 1 fully saturated rings. The van der Waals surface area contributed by atoms with Crippen molar-refractivity contribution in [3.63, 3.8) is 0 Å². The largest absolute Gasteiger partial charge is 0.368 e. The van der Waals surface area contributed by atoms with Gasteiger partial charge in [-0.05, 0) is 37.8 Å². The van der Waals surface area contributed by atoms with Crippen LogP contribution in [0.4, 0.5) is 0 Å². The minimum atomic E-state index is -3.33. The average Bonchev–Trinajstić information content (AvgIpc) is 2.59. The Bertz CT molecular complexity index is 665. The van der Waals surface area contributed by atoms with Crippen LogP contribution >= 0.6 is 0 Å². The highest BCUT2D eigenvalue weighted by molar-refractivity contribution is 7.88. The van der Waals surface area contributed by atoms with Crippen molar-refractivity contribution in [1.29, 1.82) is 0 Å². The van der Waals surface area contributed by atoms with Crippen molar-refractivity contribution in [3.8, 4) is 0 Å². The Morgan fingerprint density at radius 1 is 1.12 bits per heavy atom. The molecule has 0 spiro atoms. The third-order valence-electron chi connectivity index (χ3n) is 4.29. The van der Waals surface area contributed by atoms with Gasteiger partial charge in [-0.25, -0.2) is 13.1 Å². The number of ether oxygens (including phenoxy) is 1. The lowest BCUT2D eigenvalue weighted by molar-refractivity contribution is -0.128. The van der Waals surface area contributed by atoms with Crippen LogP contribution in [0.3, 0.4) is 0 Å². The molecule has 1 saturated carbocycles. The van der Waals surface area contributed by atoms with Crippen LogP contribution in [0.1, 0.15) is 57.1 Å². The molecule has 1 aromatic carbocycles. The molecule has 0 aliphatic heterocycles. The highest BCUT2D eigenvalue weighted by atomic mass is 32.2. The number of carbonyl (C=O) groups excluding carboxylic acids is 1. The predicted octanol–water partition coefficient (Wildman–Crippen LogP) is 2.48. The van der Waals surface area contributed by atoms with E-state index in [0.29, 0.717) is 12.1 Å². The van der Waals surface area contributed by atoms with Gasteiger partial charge in [0.1, 0.15) is 6.61 Å². The summed E-state index contributed by atoms with van der Waals surface area (Å²) in [7, 11) is -3.33. The first-order valence-electron chi connectivity index (χ1n) is 9.30. The molecule has 0 unspecified atom stereocenters. The van der Waals surface area contributed by atoms with E-state index in [0.717, 1.165) is 18.4 Å². The van der Waals surface area contributed by atoms with Crippen molar-refractivity contribution in [2.45, 2.75) is 70.4 Å². The first kappa shape index (κ1) is 20.9. The second kappa shape index (κ2) is 10.0. The monoisotopic (exact) mass is 382 g/mol. The van der Waals surface area contributed by atoms with E-state index in [1.165, 1.54) is 19.3 Å². The maximum Gasteiger partial charge on any atom is 0.246 e. The van der Waals surface area contributed by atoms with E-state index in [2.05, 4.69) is 10.0 Å². The SMILES string of the molecule is CC(C)NS(=O)(=O)Cc1ccc(CNC(=O)COC2CCCCC2)cc1. The number of amides is 1. The van der Waals surface area contributed by atoms with Gasteiger partial charge >= 0.3 is 0 Å². The smallest absolute Gasteiger partial charge is 0.246 e. The van der Waals surface area contributed by atoms with Crippen molar-refractivity contribution < 1.29 is 17.9 Å². The molecule has 26 heavy (non-hydrogen) atoms. The van der Waals surface area contributed by atoms with Crippen LogP contribution in [0.15, 0.2) is 24.3 Å². The van der Waals surface area contributed by atoms with Gasteiger partial charge in [0.25, 0.3) is 0 Å². The van der Waals surface area contributed by atoms with E-state index >= 15 is 0 Å². The molecule has 1 aliphatic rings. The molecular formula is C19H30N2O4S. The summed E-state index contributed by atoms with van der Waals surface area (Å²) in [6.07, 6.45) is 5.93. The maximum absolute atomic E-state index is 11.9. The van der Waals surface area contributed by atoms with Gasteiger partial charge in [0.2, 0.25) is 15.9 Å². The van der Waals surface area contributed by atoms with Gasteiger partial charge in [0.05, 0.1) is 11.9 Å². The number of carbonyl (C=O) groups is 1. The quantitative estimate of drug-likeness (QED) is 0.687. The third-order valence-corrected chi connectivity index (χ3v) is 5.83. The molecule has 0 radical (unpaired) electrons. The number of nitrogens with one attached hydrogen (secondary N) is 2. The molecular weight excluding hydrogens is 352 g/mol. The highest BCUT2D eigenvalue weighted by Gasteiger charge is 2.15. The molecule has 0 heterocycles.